The molecule has 30 heavy (non-hydrogen) atoms. The number of unbranched alkanes of at least 4 members (excludes halogenated alkanes) is 1. The Morgan fingerprint density at radius 3 is 2.37 bits per heavy atom. The lowest BCUT2D eigenvalue weighted by Gasteiger charge is -2.34. The van der Waals surface area contributed by atoms with Gasteiger partial charge in [0.1, 0.15) is 0 Å². The second-order valence-corrected chi connectivity index (χ2v) is 8.27. The van der Waals surface area contributed by atoms with Crippen LogP contribution >= 0.6 is 15.9 Å². The molecule has 0 spiro atoms. The Bertz CT molecular complexity index is 987. The zero-order chi connectivity index (χ0) is 21.3. The summed E-state index contributed by atoms with van der Waals surface area (Å²) in [5, 5.41) is 0. The van der Waals surface area contributed by atoms with Crippen LogP contribution in [-0.2, 0) is 0 Å². The van der Waals surface area contributed by atoms with Crippen molar-refractivity contribution >= 4 is 39.6 Å². The van der Waals surface area contributed by atoms with E-state index in [2.05, 4.69) is 25.9 Å². The van der Waals surface area contributed by atoms with E-state index in [0.717, 1.165) is 17.3 Å². The van der Waals surface area contributed by atoms with Crippen LogP contribution in [0, 0.1) is 0 Å². The second-order valence-electron chi connectivity index (χ2n) is 7.36. The van der Waals surface area contributed by atoms with Crippen LogP contribution in [0.4, 0.5) is 5.95 Å². The number of fused-ring (bicyclic) bond motifs is 1. The highest BCUT2D eigenvalue weighted by molar-refractivity contribution is 9.10. The lowest BCUT2D eigenvalue weighted by Crippen LogP contribution is -2.49. The quantitative estimate of drug-likeness (QED) is 0.622. The van der Waals surface area contributed by atoms with Gasteiger partial charge >= 0.3 is 0 Å². The fourth-order valence-electron chi connectivity index (χ4n) is 3.70. The standard InChI is InChI=1S/C21H22BrN5O3/c1-2-3-6-27-19(29)16-5-4-14(11-17(16)20(27)30)18(28)25-7-9-26(10-8-25)21-23-12-15(22)13-24-21/h4-5,11-13H,2-3,6-10H2,1H3. The summed E-state index contributed by atoms with van der Waals surface area (Å²) in [6, 6.07) is 4.80. The summed E-state index contributed by atoms with van der Waals surface area (Å²) in [5.41, 5.74) is 1.13. The lowest BCUT2D eigenvalue weighted by atomic mass is 10.0. The molecule has 0 aliphatic carbocycles. The molecule has 3 heterocycles. The molecule has 4 rings (SSSR count). The van der Waals surface area contributed by atoms with Gasteiger partial charge < -0.3 is 9.80 Å². The molecule has 2 aliphatic rings. The maximum absolute atomic E-state index is 13.0. The van der Waals surface area contributed by atoms with Gasteiger partial charge in [0.15, 0.2) is 0 Å². The zero-order valence-corrected chi connectivity index (χ0v) is 18.3. The smallest absolute Gasteiger partial charge is 0.261 e. The van der Waals surface area contributed by atoms with Gasteiger partial charge in [0.2, 0.25) is 5.95 Å². The molecule has 2 aliphatic heterocycles. The number of piperazine rings is 1. The van der Waals surface area contributed by atoms with E-state index in [0.29, 0.717) is 55.4 Å². The highest BCUT2D eigenvalue weighted by Crippen LogP contribution is 2.25. The molecule has 3 amide bonds. The van der Waals surface area contributed by atoms with Gasteiger partial charge in [-0.25, -0.2) is 9.97 Å². The minimum absolute atomic E-state index is 0.138. The maximum Gasteiger partial charge on any atom is 0.261 e. The molecule has 0 N–H and O–H groups in total. The first-order valence-electron chi connectivity index (χ1n) is 10.0. The Kier molecular flexibility index (Phi) is 5.80. The number of rotatable bonds is 5. The molecule has 9 heteroatoms. The summed E-state index contributed by atoms with van der Waals surface area (Å²) in [5.74, 6) is -0.0820. The van der Waals surface area contributed by atoms with Crippen molar-refractivity contribution in [2.45, 2.75) is 19.8 Å². The Hall–Kier alpha value is -2.81. The largest absolute Gasteiger partial charge is 0.337 e. The topological polar surface area (TPSA) is 86.7 Å². The molecule has 0 saturated carbocycles. The highest BCUT2D eigenvalue weighted by Gasteiger charge is 2.36. The predicted octanol–water partition coefficient (Wildman–Crippen LogP) is 2.60. The van der Waals surface area contributed by atoms with Crippen molar-refractivity contribution in [3.8, 4) is 0 Å². The lowest BCUT2D eigenvalue weighted by molar-refractivity contribution is 0.0651. The van der Waals surface area contributed by atoms with Crippen molar-refractivity contribution in [1.82, 2.24) is 19.8 Å². The zero-order valence-electron chi connectivity index (χ0n) is 16.7. The van der Waals surface area contributed by atoms with Crippen molar-refractivity contribution in [3.63, 3.8) is 0 Å². The molecule has 1 saturated heterocycles. The Labute approximate surface area is 183 Å². The number of anilines is 1. The molecule has 0 bridgehead atoms. The van der Waals surface area contributed by atoms with Crippen molar-refractivity contribution in [2.75, 3.05) is 37.6 Å². The number of benzene rings is 1. The van der Waals surface area contributed by atoms with E-state index < -0.39 is 0 Å². The molecular formula is C21H22BrN5O3. The first kappa shape index (κ1) is 20.5. The normalized spacial score (nSPS) is 16.3. The average molecular weight is 472 g/mol. The number of halogens is 1. The molecule has 1 fully saturated rings. The predicted molar refractivity (Wildman–Crippen MR) is 115 cm³/mol. The van der Waals surface area contributed by atoms with Crippen LogP contribution in [0.1, 0.15) is 50.8 Å². The van der Waals surface area contributed by atoms with E-state index >= 15 is 0 Å². The van der Waals surface area contributed by atoms with E-state index in [4.69, 9.17) is 0 Å². The van der Waals surface area contributed by atoms with Gasteiger partial charge in [-0.05, 0) is 40.5 Å². The number of carbonyl (C=O) groups is 3. The van der Waals surface area contributed by atoms with Crippen molar-refractivity contribution in [2.24, 2.45) is 0 Å². The monoisotopic (exact) mass is 471 g/mol. The van der Waals surface area contributed by atoms with Gasteiger partial charge in [0.05, 0.1) is 15.6 Å². The van der Waals surface area contributed by atoms with Crippen LogP contribution < -0.4 is 4.90 Å². The Morgan fingerprint density at radius 1 is 1.03 bits per heavy atom. The fourth-order valence-corrected chi connectivity index (χ4v) is 3.91. The summed E-state index contributed by atoms with van der Waals surface area (Å²) in [7, 11) is 0. The van der Waals surface area contributed by atoms with Crippen molar-refractivity contribution in [3.05, 3.63) is 51.8 Å². The molecule has 0 radical (unpaired) electrons. The van der Waals surface area contributed by atoms with E-state index in [1.165, 1.54) is 4.90 Å². The van der Waals surface area contributed by atoms with Crippen LogP contribution in [0.15, 0.2) is 35.1 Å². The highest BCUT2D eigenvalue weighted by atomic mass is 79.9. The summed E-state index contributed by atoms with van der Waals surface area (Å²) in [4.78, 5) is 51.8. The number of hydrogen-bond donors (Lipinski definition) is 0. The van der Waals surface area contributed by atoms with Crippen LogP contribution in [0.25, 0.3) is 0 Å². The van der Waals surface area contributed by atoms with Crippen LogP contribution in [0.2, 0.25) is 0 Å². The third-order valence-electron chi connectivity index (χ3n) is 5.41. The van der Waals surface area contributed by atoms with Crippen LogP contribution in [-0.4, -0.2) is 70.2 Å². The molecule has 1 aromatic carbocycles. The van der Waals surface area contributed by atoms with Gasteiger partial charge in [-0.15, -0.1) is 0 Å². The minimum Gasteiger partial charge on any atom is -0.337 e. The average Bonchev–Trinajstić information content (AvgIpc) is 3.01. The molecular weight excluding hydrogens is 450 g/mol. The maximum atomic E-state index is 13.0. The molecule has 2 aromatic rings. The van der Waals surface area contributed by atoms with Crippen LogP contribution in [0.3, 0.4) is 0 Å². The Balaban J connectivity index is 1.44. The van der Waals surface area contributed by atoms with Crippen molar-refractivity contribution in [1.29, 1.82) is 0 Å². The third kappa shape index (κ3) is 3.81. The van der Waals surface area contributed by atoms with E-state index in [1.54, 1.807) is 35.5 Å². The first-order valence-corrected chi connectivity index (χ1v) is 10.8. The fraction of sp³-hybridized carbons (Fsp3) is 0.381. The summed E-state index contributed by atoms with van der Waals surface area (Å²) >= 11 is 3.32. The van der Waals surface area contributed by atoms with Gasteiger partial charge in [0, 0.05) is 50.7 Å². The number of carbonyl (C=O) groups excluding carboxylic acids is 3. The van der Waals surface area contributed by atoms with Gasteiger partial charge in [-0.3, -0.25) is 19.3 Å². The van der Waals surface area contributed by atoms with E-state index in [1.807, 2.05) is 11.8 Å². The number of aromatic nitrogens is 2. The third-order valence-corrected chi connectivity index (χ3v) is 5.82. The molecule has 156 valence electrons. The molecule has 8 nitrogen and oxygen atoms in total. The van der Waals surface area contributed by atoms with Gasteiger partial charge in [-0.2, -0.15) is 0 Å². The summed E-state index contributed by atoms with van der Waals surface area (Å²) in [6.45, 7) is 4.74. The van der Waals surface area contributed by atoms with Crippen LogP contribution in [0.5, 0.6) is 0 Å². The van der Waals surface area contributed by atoms with Gasteiger partial charge in [-0.1, -0.05) is 13.3 Å². The van der Waals surface area contributed by atoms with E-state index in [9.17, 15) is 14.4 Å². The van der Waals surface area contributed by atoms with E-state index in [-0.39, 0.29) is 17.7 Å². The van der Waals surface area contributed by atoms with Crippen molar-refractivity contribution < 1.29 is 14.4 Å². The minimum atomic E-state index is -0.310. The summed E-state index contributed by atoms with van der Waals surface area (Å²) < 4.78 is 0.818. The number of imide groups is 1. The molecule has 0 atom stereocenters. The second kappa shape index (κ2) is 8.51. The molecule has 1 aromatic heterocycles. The summed E-state index contributed by atoms with van der Waals surface area (Å²) in [6.07, 6.45) is 5.07. The number of nitrogens with zero attached hydrogens (tertiary/aromatic N) is 5. The Morgan fingerprint density at radius 2 is 1.70 bits per heavy atom. The number of amides is 3. The van der Waals surface area contributed by atoms with Gasteiger partial charge in [0.25, 0.3) is 17.7 Å². The number of hydrogen-bond acceptors (Lipinski definition) is 6. The first-order chi connectivity index (χ1) is 14.5. The SMILES string of the molecule is CCCCN1C(=O)c2ccc(C(=O)N3CCN(c4ncc(Br)cn4)CC3)cc2C1=O. The molecule has 0 unspecified atom stereocenters.